The molecule has 3 N–H and O–H groups in total. The van der Waals surface area contributed by atoms with E-state index in [9.17, 15) is 9.59 Å². The molecule has 0 saturated heterocycles. The van der Waals surface area contributed by atoms with Crippen LogP contribution in [0.4, 0.5) is 16.2 Å². The van der Waals surface area contributed by atoms with Gasteiger partial charge in [0.2, 0.25) is 5.01 Å². The van der Waals surface area contributed by atoms with Gasteiger partial charge in [-0.1, -0.05) is 41.2 Å². The number of anilines is 2. The molecule has 0 saturated carbocycles. The second-order valence-corrected chi connectivity index (χ2v) is 7.06. The Kier molecular flexibility index (Phi) is 5.77. The number of urea groups is 1. The first-order chi connectivity index (χ1) is 13.0. The number of aryl methyl sites for hydroxylation is 2. The Morgan fingerprint density at radius 2 is 1.70 bits per heavy atom. The highest BCUT2D eigenvalue weighted by molar-refractivity contribution is 7.13. The number of hydrogen-bond acceptors (Lipinski definition) is 5. The van der Waals surface area contributed by atoms with Crippen LogP contribution in [0.15, 0.2) is 48.5 Å². The van der Waals surface area contributed by atoms with Crippen molar-refractivity contribution in [2.75, 3.05) is 10.6 Å². The van der Waals surface area contributed by atoms with E-state index in [-0.39, 0.29) is 23.5 Å². The van der Waals surface area contributed by atoms with Crippen molar-refractivity contribution in [3.63, 3.8) is 0 Å². The predicted octanol–water partition coefficient (Wildman–Crippen LogP) is 3.73. The van der Waals surface area contributed by atoms with E-state index in [0.717, 1.165) is 22.5 Å². The minimum atomic E-state index is -0.346. The van der Waals surface area contributed by atoms with Gasteiger partial charge in [0.15, 0.2) is 0 Å². The lowest BCUT2D eigenvalue weighted by Crippen LogP contribution is -2.28. The summed E-state index contributed by atoms with van der Waals surface area (Å²) >= 11 is 1.14. The van der Waals surface area contributed by atoms with Crippen LogP contribution in [0.25, 0.3) is 0 Å². The van der Waals surface area contributed by atoms with E-state index >= 15 is 0 Å². The van der Waals surface area contributed by atoms with Crippen molar-refractivity contribution in [3.8, 4) is 0 Å². The molecule has 1 aromatic heterocycles. The summed E-state index contributed by atoms with van der Waals surface area (Å²) in [6.07, 6.45) is 0. The van der Waals surface area contributed by atoms with Crippen LogP contribution < -0.4 is 16.0 Å². The molecular weight excluding hydrogens is 362 g/mol. The molecule has 7 nitrogen and oxygen atoms in total. The molecule has 0 fully saturated rings. The SMILES string of the molecule is Cc1ccc(NC(=O)c2nnc(CNC(=O)Nc3cccc(C)c3)s2)cc1. The molecule has 0 spiro atoms. The van der Waals surface area contributed by atoms with Gasteiger partial charge in [0.1, 0.15) is 5.01 Å². The number of carbonyl (C=O) groups is 2. The maximum atomic E-state index is 12.2. The predicted molar refractivity (Wildman–Crippen MR) is 106 cm³/mol. The van der Waals surface area contributed by atoms with Gasteiger partial charge in [-0.3, -0.25) is 4.79 Å². The van der Waals surface area contributed by atoms with E-state index < -0.39 is 0 Å². The minimum Gasteiger partial charge on any atom is -0.331 e. The summed E-state index contributed by atoms with van der Waals surface area (Å²) in [5.74, 6) is -0.327. The Hall–Kier alpha value is -3.26. The number of rotatable bonds is 5. The smallest absolute Gasteiger partial charge is 0.319 e. The summed E-state index contributed by atoms with van der Waals surface area (Å²) in [4.78, 5) is 24.2. The second kappa shape index (κ2) is 8.41. The first-order valence-electron chi connectivity index (χ1n) is 8.31. The molecule has 0 unspecified atom stereocenters. The van der Waals surface area contributed by atoms with Crippen LogP contribution in [0.5, 0.6) is 0 Å². The monoisotopic (exact) mass is 381 g/mol. The second-order valence-electron chi connectivity index (χ2n) is 6.00. The quantitative estimate of drug-likeness (QED) is 0.627. The zero-order chi connectivity index (χ0) is 19.2. The van der Waals surface area contributed by atoms with Crippen LogP contribution in [0.3, 0.4) is 0 Å². The largest absolute Gasteiger partial charge is 0.331 e. The molecule has 0 aliphatic carbocycles. The molecule has 0 aliphatic rings. The Bertz CT molecular complexity index is 953. The number of amides is 3. The van der Waals surface area contributed by atoms with Crippen LogP contribution in [-0.2, 0) is 6.54 Å². The van der Waals surface area contributed by atoms with Crippen LogP contribution in [0, 0.1) is 13.8 Å². The van der Waals surface area contributed by atoms with Crippen LogP contribution >= 0.6 is 11.3 Å². The number of benzene rings is 2. The number of carbonyl (C=O) groups excluding carboxylic acids is 2. The Balaban J connectivity index is 1.52. The van der Waals surface area contributed by atoms with E-state index in [1.165, 1.54) is 0 Å². The molecule has 0 radical (unpaired) electrons. The van der Waals surface area contributed by atoms with E-state index in [1.807, 2.05) is 62.4 Å². The third-order valence-electron chi connectivity index (χ3n) is 3.65. The molecule has 2 aromatic carbocycles. The van der Waals surface area contributed by atoms with Crippen molar-refractivity contribution in [1.29, 1.82) is 0 Å². The van der Waals surface area contributed by atoms with E-state index in [1.54, 1.807) is 0 Å². The van der Waals surface area contributed by atoms with Gasteiger partial charge in [-0.05, 0) is 43.7 Å². The van der Waals surface area contributed by atoms with Crippen molar-refractivity contribution < 1.29 is 9.59 Å². The highest BCUT2D eigenvalue weighted by Gasteiger charge is 2.13. The van der Waals surface area contributed by atoms with E-state index in [2.05, 4.69) is 26.1 Å². The molecule has 0 aliphatic heterocycles. The summed E-state index contributed by atoms with van der Waals surface area (Å²) in [6.45, 7) is 4.12. The molecule has 3 aromatic rings. The molecule has 27 heavy (non-hydrogen) atoms. The van der Waals surface area contributed by atoms with Crippen LogP contribution in [-0.4, -0.2) is 22.1 Å². The standard InChI is InChI=1S/C19H19N5O2S/c1-12-6-8-14(9-7-12)21-17(25)18-24-23-16(27-18)11-20-19(26)22-15-5-3-4-13(2)10-15/h3-10H,11H2,1-2H3,(H,21,25)(H2,20,22,26). The summed E-state index contributed by atoms with van der Waals surface area (Å²) in [6, 6.07) is 14.6. The highest BCUT2D eigenvalue weighted by Crippen LogP contribution is 2.14. The van der Waals surface area contributed by atoms with Gasteiger partial charge in [-0.15, -0.1) is 10.2 Å². The number of hydrogen-bond donors (Lipinski definition) is 3. The molecule has 1 heterocycles. The maximum absolute atomic E-state index is 12.2. The summed E-state index contributed by atoms with van der Waals surface area (Å²) in [5, 5.41) is 16.8. The average Bonchev–Trinajstić information content (AvgIpc) is 3.11. The lowest BCUT2D eigenvalue weighted by Gasteiger charge is -2.06. The first-order valence-corrected chi connectivity index (χ1v) is 9.13. The van der Waals surface area contributed by atoms with Crippen molar-refractivity contribution in [1.82, 2.24) is 15.5 Å². The van der Waals surface area contributed by atoms with Gasteiger partial charge in [-0.25, -0.2) is 4.79 Å². The Labute approximate surface area is 160 Å². The van der Waals surface area contributed by atoms with E-state index in [4.69, 9.17) is 0 Å². The lowest BCUT2D eigenvalue weighted by atomic mass is 10.2. The zero-order valence-electron chi connectivity index (χ0n) is 14.9. The van der Waals surface area contributed by atoms with E-state index in [0.29, 0.717) is 16.4 Å². The minimum absolute atomic E-state index is 0.188. The molecule has 0 bridgehead atoms. The summed E-state index contributed by atoms with van der Waals surface area (Å²) < 4.78 is 0. The topological polar surface area (TPSA) is 96.0 Å². The summed E-state index contributed by atoms with van der Waals surface area (Å²) in [5.41, 5.74) is 3.57. The molecule has 8 heteroatoms. The fourth-order valence-electron chi connectivity index (χ4n) is 2.29. The van der Waals surface area contributed by atoms with Gasteiger partial charge in [0, 0.05) is 11.4 Å². The van der Waals surface area contributed by atoms with Gasteiger partial charge >= 0.3 is 6.03 Å². The normalized spacial score (nSPS) is 10.3. The van der Waals surface area contributed by atoms with Crippen molar-refractivity contribution >= 4 is 34.6 Å². The summed E-state index contributed by atoms with van der Waals surface area (Å²) in [7, 11) is 0. The molecule has 138 valence electrons. The fourth-order valence-corrected chi connectivity index (χ4v) is 2.97. The third kappa shape index (κ3) is 5.35. The number of nitrogens with zero attached hydrogens (tertiary/aromatic N) is 2. The van der Waals surface area contributed by atoms with Crippen LogP contribution in [0.2, 0.25) is 0 Å². The van der Waals surface area contributed by atoms with Crippen molar-refractivity contribution in [2.24, 2.45) is 0 Å². The van der Waals surface area contributed by atoms with Crippen LogP contribution in [0.1, 0.15) is 25.9 Å². The molecule has 3 amide bonds. The van der Waals surface area contributed by atoms with Gasteiger partial charge in [0.05, 0.1) is 6.54 Å². The molecular formula is C19H19N5O2S. The number of aromatic nitrogens is 2. The molecule has 3 rings (SSSR count). The first kappa shape index (κ1) is 18.5. The Morgan fingerprint density at radius 3 is 2.44 bits per heavy atom. The maximum Gasteiger partial charge on any atom is 0.319 e. The van der Waals surface area contributed by atoms with Gasteiger partial charge in [0.25, 0.3) is 5.91 Å². The van der Waals surface area contributed by atoms with Gasteiger partial charge < -0.3 is 16.0 Å². The third-order valence-corrected chi connectivity index (χ3v) is 4.57. The average molecular weight is 381 g/mol. The Morgan fingerprint density at radius 1 is 0.926 bits per heavy atom. The lowest BCUT2D eigenvalue weighted by molar-refractivity contribution is 0.102. The fraction of sp³-hybridized carbons (Fsp3) is 0.158. The van der Waals surface area contributed by atoms with Gasteiger partial charge in [-0.2, -0.15) is 0 Å². The zero-order valence-corrected chi connectivity index (χ0v) is 15.8. The van der Waals surface area contributed by atoms with Crippen molar-refractivity contribution in [3.05, 3.63) is 69.7 Å². The highest BCUT2D eigenvalue weighted by atomic mass is 32.1. The van der Waals surface area contributed by atoms with Crippen molar-refractivity contribution in [2.45, 2.75) is 20.4 Å². The molecule has 0 atom stereocenters. The number of nitrogens with one attached hydrogen (secondary N) is 3.